The lowest BCUT2D eigenvalue weighted by Crippen LogP contribution is -2.40. The zero-order valence-electron chi connectivity index (χ0n) is 17.1. The van der Waals surface area contributed by atoms with Crippen LogP contribution in [0.25, 0.3) is 10.9 Å². The van der Waals surface area contributed by atoms with Crippen molar-refractivity contribution in [3.05, 3.63) is 53.2 Å². The lowest BCUT2D eigenvalue weighted by molar-refractivity contribution is -0.653. The molecule has 150 valence electrons. The van der Waals surface area contributed by atoms with Crippen molar-refractivity contribution in [3.8, 4) is 17.2 Å². The average molecular weight is 392 g/mol. The Labute approximate surface area is 170 Å². The van der Waals surface area contributed by atoms with E-state index in [0.717, 1.165) is 47.5 Å². The summed E-state index contributed by atoms with van der Waals surface area (Å²) in [7, 11) is 5.98. The van der Waals surface area contributed by atoms with Crippen LogP contribution in [0.15, 0.2) is 36.4 Å². The quantitative estimate of drug-likeness (QED) is 0.695. The molecule has 6 nitrogen and oxygen atoms in total. The van der Waals surface area contributed by atoms with Crippen LogP contribution in [0.3, 0.4) is 0 Å². The van der Waals surface area contributed by atoms with Crippen molar-refractivity contribution in [3.63, 3.8) is 0 Å². The zero-order chi connectivity index (χ0) is 20.1. The second kappa shape index (κ2) is 6.81. The molecule has 3 aromatic rings. The fourth-order valence-electron chi connectivity index (χ4n) is 4.70. The number of methoxy groups -OCH3 is 1. The van der Waals surface area contributed by atoms with E-state index in [9.17, 15) is 0 Å². The van der Waals surface area contributed by atoms with Gasteiger partial charge in [0.1, 0.15) is 7.05 Å². The van der Waals surface area contributed by atoms with Gasteiger partial charge in [-0.2, -0.15) is 4.57 Å². The number of hydrogen-bond acceptors (Lipinski definition) is 5. The first-order valence-electron chi connectivity index (χ1n) is 9.94. The first-order chi connectivity index (χ1) is 14.1. The van der Waals surface area contributed by atoms with Crippen molar-refractivity contribution in [1.82, 2.24) is 4.90 Å². The Hall–Kier alpha value is -2.99. The van der Waals surface area contributed by atoms with Crippen molar-refractivity contribution < 1.29 is 18.8 Å². The van der Waals surface area contributed by atoms with Gasteiger partial charge in [-0.3, -0.25) is 4.90 Å². The van der Waals surface area contributed by atoms with Crippen LogP contribution in [0.5, 0.6) is 17.2 Å². The maximum atomic E-state index is 6.40. The maximum Gasteiger partial charge on any atom is 0.231 e. The lowest BCUT2D eigenvalue weighted by atomic mass is 9.88. The Kier molecular flexibility index (Phi) is 4.24. The fourth-order valence-corrected chi connectivity index (χ4v) is 4.70. The second-order valence-corrected chi connectivity index (χ2v) is 7.83. The molecular formula is C23H26N3O3+. The summed E-state index contributed by atoms with van der Waals surface area (Å²) in [5.41, 5.74) is 12.0. The number of benzene rings is 2. The first-order valence-corrected chi connectivity index (χ1v) is 9.94. The Balaban J connectivity index is 1.64. The second-order valence-electron chi connectivity index (χ2n) is 7.83. The normalized spacial score (nSPS) is 18.1. The fraction of sp³-hybridized carbons (Fsp3) is 0.348. The molecule has 2 N–H and O–H groups in total. The van der Waals surface area contributed by atoms with E-state index in [1.165, 1.54) is 16.8 Å². The highest BCUT2D eigenvalue weighted by atomic mass is 16.7. The average Bonchev–Trinajstić information content (AvgIpc) is 3.20. The number of aryl methyl sites for hydroxylation is 1. The van der Waals surface area contributed by atoms with E-state index >= 15 is 0 Å². The third-order valence-corrected chi connectivity index (χ3v) is 6.28. The summed E-state index contributed by atoms with van der Waals surface area (Å²) < 4.78 is 19.4. The van der Waals surface area contributed by atoms with Crippen molar-refractivity contribution in [2.45, 2.75) is 18.9 Å². The molecule has 2 aliphatic rings. The van der Waals surface area contributed by atoms with E-state index in [4.69, 9.17) is 19.9 Å². The monoisotopic (exact) mass is 392 g/mol. The molecule has 0 spiro atoms. The van der Waals surface area contributed by atoms with Gasteiger partial charge in [0.2, 0.25) is 18.1 Å². The number of nitrogen functional groups attached to an aromatic ring is 1. The lowest BCUT2D eigenvalue weighted by Gasteiger charge is -2.35. The number of aromatic nitrogens is 1. The minimum Gasteiger partial charge on any atom is -0.492 e. The number of likely N-dealkylation sites (N-methyl/N-ethyl adjacent to an activating group) is 1. The van der Waals surface area contributed by atoms with Crippen LogP contribution < -0.4 is 24.5 Å². The molecule has 0 bridgehead atoms. The Bertz CT molecular complexity index is 1110. The van der Waals surface area contributed by atoms with E-state index in [1.807, 2.05) is 6.07 Å². The van der Waals surface area contributed by atoms with Gasteiger partial charge in [-0.25, -0.2) is 0 Å². The molecule has 6 heteroatoms. The van der Waals surface area contributed by atoms with Crippen LogP contribution >= 0.6 is 0 Å². The van der Waals surface area contributed by atoms with E-state index in [2.05, 4.69) is 53.9 Å². The van der Waals surface area contributed by atoms with Gasteiger partial charge in [-0.1, -0.05) is 12.1 Å². The molecule has 2 aromatic carbocycles. The van der Waals surface area contributed by atoms with Crippen LogP contribution in [0, 0.1) is 0 Å². The van der Waals surface area contributed by atoms with Gasteiger partial charge in [0.05, 0.1) is 24.6 Å². The molecule has 0 saturated carbocycles. The van der Waals surface area contributed by atoms with Gasteiger partial charge in [-0.05, 0) is 31.2 Å². The van der Waals surface area contributed by atoms with Gasteiger partial charge in [-0.15, -0.1) is 0 Å². The predicted octanol–water partition coefficient (Wildman–Crippen LogP) is 2.76. The summed E-state index contributed by atoms with van der Waals surface area (Å²) in [5, 5.41) is 1.08. The van der Waals surface area contributed by atoms with Gasteiger partial charge < -0.3 is 19.9 Å². The number of hydrogen-bond donors (Lipinski definition) is 1. The SMILES string of the molecule is COc1c2c(cc3c1C(Cc1cc(N)c4ccccc4[n+]1C)N(C)CC3)OCO2. The summed E-state index contributed by atoms with van der Waals surface area (Å²) in [6, 6.07) is 12.6. The van der Waals surface area contributed by atoms with Crippen LogP contribution in [0.1, 0.15) is 22.9 Å². The van der Waals surface area contributed by atoms with Gasteiger partial charge in [0, 0.05) is 30.3 Å². The molecule has 1 aromatic heterocycles. The molecule has 0 saturated heterocycles. The number of nitrogens with zero attached hydrogens (tertiary/aromatic N) is 2. The number of pyridine rings is 1. The number of fused-ring (bicyclic) bond motifs is 3. The molecule has 0 amide bonds. The minimum absolute atomic E-state index is 0.162. The summed E-state index contributed by atoms with van der Waals surface area (Å²) in [6.07, 6.45) is 1.78. The Morgan fingerprint density at radius 3 is 2.90 bits per heavy atom. The number of ether oxygens (including phenoxy) is 3. The van der Waals surface area contributed by atoms with Crippen LogP contribution in [-0.4, -0.2) is 32.4 Å². The van der Waals surface area contributed by atoms with E-state index < -0.39 is 0 Å². The van der Waals surface area contributed by atoms with Crippen LogP contribution in [-0.2, 0) is 19.9 Å². The molecule has 0 radical (unpaired) electrons. The molecule has 3 heterocycles. The first kappa shape index (κ1) is 18.1. The smallest absolute Gasteiger partial charge is 0.231 e. The highest BCUT2D eigenvalue weighted by Crippen LogP contribution is 2.49. The number of anilines is 1. The highest BCUT2D eigenvalue weighted by molar-refractivity contribution is 5.87. The van der Waals surface area contributed by atoms with Gasteiger partial charge in [0.25, 0.3) is 0 Å². The maximum absolute atomic E-state index is 6.40. The Morgan fingerprint density at radius 1 is 1.24 bits per heavy atom. The standard InChI is InChI=1S/C23H25N3O3/c1-25-9-8-14-10-20-22(29-13-28-20)23(27-3)21(14)19(25)12-15-11-17(24)16-6-4-5-7-18(16)26(15)2/h4-7,10-11,19,24H,8-9,12-13H2,1-3H3/p+1. The molecule has 29 heavy (non-hydrogen) atoms. The molecule has 0 aliphatic carbocycles. The molecule has 5 rings (SSSR count). The molecular weight excluding hydrogens is 366 g/mol. The molecule has 1 atom stereocenters. The molecule has 0 fully saturated rings. The van der Waals surface area contributed by atoms with E-state index in [1.54, 1.807) is 7.11 Å². The number of para-hydroxylation sites is 1. The highest BCUT2D eigenvalue weighted by Gasteiger charge is 2.35. The molecule has 1 unspecified atom stereocenters. The summed E-state index contributed by atoms with van der Waals surface area (Å²) >= 11 is 0. The predicted molar refractivity (Wildman–Crippen MR) is 111 cm³/mol. The van der Waals surface area contributed by atoms with Crippen molar-refractivity contribution in [2.24, 2.45) is 7.05 Å². The number of nitrogens with two attached hydrogens (primary N) is 1. The van der Waals surface area contributed by atoms with Crippen molar-refractivity contribution in [1.29, 1.82) is 0 Å². The van der Waals surface area contributed by atoms with Gasteiger partial charge >= 0.3 is 0 Å². The van der Waals surface area contributed by atoms with Crippen molar-refractivity contribution >= 4 is 16.6 Å². The van der Waals surface area contributed by atoms with E-state index in [-0.39, 0.29) is 12.8 Å². The summed E-state index contributed by atoms with van der Waals surface area (Å²) in [5.74, 6) is 2.29. The van der Waals surface area contributed by atoms with Crippen LogP contribution in [0.2, 0.25) is 0 Å². The summed E-state index contributed by atoms with van der Waals surface area (Å²) in [6.45, 7) is 1.22. The van der Waals surface area contributed by atoms with Crippen molar-refractivity contribution in [2.75, 3.05) is 33.2 Å². The van der Waals surface area contributed by atoms with Gasteiger partial charge in [0.15, 0.2) is 17.2 Å². The topological polar surface area (TPSA) is 60.8 Å². The number of rotatable bonds is 3. The zero-order valence-corrected chi connectivity index (χ0v) is 17.1. The minimum atomic E-state index is 0.162. The molecule has 2 aliphatic heterocycles. The van der Waals surface area contributed by atoms with Crippen LogP contribution in [0.4, 0.5) is 5.69 Å². The third-order valence-electron chi connectivity index (χ3n) is 6.28. The third kappa shape index (κ3) is 2.78. The summed E-state index contributed by atoms with van der Waals surface area (Å²) in [4.78, 5) is 2.39. The Morgan fingerprint density at radius 2 is 2.07 bits per heavy atom. The largest absolute Gasteiger partial charge is 0.492 e. The van der Waals surface area contributed by atoms with E-state index in [0.29, 0.717) is 5.75 Å².